The van der Waals surface area contributed by atoms with Gasteiger partial charge < -0.3 is 13.9 Å². The second kappa shape index (κ2) is 16.0. The molecule has 0 radical (unpaired) electrons. The average Bonchev–Trinajstić information content (AvgIpc) is 3.96. The van der Waals surface area contributed by atoms with Crippen molar-refractivity contribution >= 4 is 71.6 Å². The molecule has 0 saturated carbocycles. The molecule has 0 aliphatic rings. The summed E-state index contributed by atoms with van der Waals surface area (Å²) in [5.41, 5.74) is 17.9. The lowest BCUT2D eigenvalue weighted by Gasteiger charge is -2.28. The van der Waals surface area contributed by atoms with Gasteiger partial charge in [-0.15, -0.1) is 0 Å². The Morgan fingerprint density at radius 1 is 0.313 bits per heavy atom. The van der Waals surface area contributed by atoms with Gasteiger partial charge in [0.25, 0.3) is 0 Å². The summed E-state index contributed by atoms with van der Waals surface area (Å²) < 4.78 is 8.76. The highest BCUT2D eigenvalue weighted by Crippen LogP contribution is 2.46. The number of hydrogen-bond donors (Lipinski definition) is 0. The maximum Gasteiger partial charge on any atom is 0.136 e. The van der Waals surface area contributed by atoms with Crippen molar-refractivity contribution in [2.24, 2.45) is 0 Å². The summed E-state index contributed by atoms with van der Waals surface area (Å²) in [5.74, 6) is 0. The van der Waals surface area contributed by atoms with E-state index in [0.717, 1.165) is 61.4 Å². The SMILES string of the molecule is c1cc(-c2ccc(N(c3ccc(-c4cccc5ccccc45)cc3)c3ccccc3-c3cccc4oc5ccccc5c34)cc2)cc(-c2ccc(-n3c4ccccc4c4ccccc43)cc2)c1. The van der Waals surface area contributed by atoms with Gasteiger partial charge in [-0.3, -0.25) is 0 Å². The fraction of sp³-hybridized carbons (Fsp3) is 0. The van der Waals surface area contributed by atoms with E-state index < -0.39 is 0 Å². The molecule has 0 unspecified atom stereocenters. The average molecular weight is 855 g/mol. The first-order valence-electron chi connectivity index (χ1n) is 22.9. The molecule has 0 bridgehead atoms. The zero-order chi connectivity index (χ0) is 44.3. The number of fused-ring (bicyclic) bond motifs is 7. The van der Waals surface area contributed by atoms with Crippen molar-refractivity contribution in [2.45, 2.75) is 0 Å². The largest absolute Gasteiger partial charge is 0.456 e. The summed E-state index contributed by atoms with van der Waals surface area (Å²) in [6.45, 7) is 0. The maximum absolute atomic E-state index is 6.40. The van der Waals surface area contributed by atoms with Crippen molar-refractivity contribution in [1.82, 2.24) is 4.57 Å². The summed E-state index contributed by atoms with van der Waals surface area (Å²) in [6, 6.07) is 91.9. The zero-order valence-corrected chi connectivity index (χ0v) is 36.6. The third-order valence-electron chi connectivity index (χ3n) is 13.4. The number of aromatic nitrogens is 1. The maximum atomic E-state index is 6.40. The van der Waals surface area contributed by atoms with E-state index in [4.69, 9.17) is 4.42 Å². The van der Waals surface area contributed by atoms with E-state index in [1.54, 1.807) is 0 Å². The zero-order valence-electron chi connectivity index (χ0n) is 36.6. The van der Waals surface area contributed by atoms with Crippen molar-refractivity contribution in [3.05, 3.63) is 255 Å². The van der Waals surface area contributed by atoms with Crippen LogP contribution in [0.5, 0.6) is 0 Å². The molecular formula is C64H42N2O. The Hall–Kier alpha value is -8.92. The molecule has 3 heteroatoms. The molecule has 2 aromatic heterocycles. The van der Waals surface area contributed by atoms with E-state index >= 15 is 0 Å². The van der Waals surface area contributed by atoms with Crippen LogP contribution in [0.4, 0.5) is 17.1 Å². The Balaban J connectivity index is 0.884. The number of hydrogen-bond acceptors (Lipinski definition) is 2. The first-order chi connectivity index (χ1) is 33.2. The normalized spacial score (nSPS) is 11.6. The second-order valence-corrected chi connectivity index (χ2v) is 17.2. The summed E-state index contributed by atoms with van der Waals surface area (Å²) in [6.07, 6.45) is 0. The van der Waals surface area contributed by atoms with Gasteiger partial charge in [-0.25, -0.2) is 0 Å². The second-order valence-electron chi connectivity index (χ2n) is 17.2. The Morgan fingerprint density at radius 2 is 0.806 bits per heavy atom. The summed E-state index contributed by atoms with van der Waals surface area (Å²) in [5, 5.41) is 7.25. The van der Waals surface area contributed by atoms with Crippen molar-refractivity contribution < 1.29 is 4.42 Å². The molecule has 13 rings (SSSR count). The number of nitrogens with zero attached hydrogens (tertiary/aromatic N) is 2. The van der Waals surface area contributed by atoms with E-state index in [9.17, 15) is 0 Å². The van der Waals surface area contributed by atoms with Crippen molar-refractivity contribution in [1.29, 1.82) is 0 Å². The molecule has 11 aromatic carbocycles. The molecule has 13 aromatic rings. The number of para-hydroxylation sites is 4. The molecule has 0 fully saturated rings. The minimum absolute atomic E-state index is 0.880. The topological polar surface area (TPSA) is 21.3 Å². The molecule has 0 N–H and O–H groups in total. The standard InChI is InChI=1S/C64H42N2O/c1-2-18-52-45(14-1)15-12-23-53(52)46-34-40-50(41-35-46)65(59-25-7-5-21-56(59)57-24-13-29-63-64(57)58-22-6-10-28-62(58)67-63)49-36-30-43(31-37-49)47-16-11-17-48(42-47)44-32-38-51(39-33-44)66-60-26-8-3-19-54(60)55-20-4-9-27-61(55)66/h1-42H. The lowest BCUT2D eigenvalue weighted by Crippen LogP contribution is -2.11. The number of rotatable bonds is 8. The van der Waals surface area contributed by atoms with Crippen LogP contribution in [-0.2, 0) is 0 Å². The van der Waals surface area contributed by atoms with Gasteiger partial charge in [-0.2, -0.15) is 0 Å². The molecule has 0 aliphatic carbocycles. The number of anilines is 3. The van der Waals surface area contributed by atoms with E-state index in [1.807, 2.05) is 6.07 Å². The number of furan rings is 1. The highest BCUT2D eigenvalue weighted by Gasteiger charge is 2.21. The molecule has 67 heavy (non-hydrogen) atoms. The van der Waals surface area contributed by atoms with Gasteiger partial charge in [0.05, 0.1) is 16.7 Å². The van der Waals surface area contributed by atoms with Gasteiger partial charge in [0.15, 0.2) is 0 Å². The van der Waals surface area contributed by atoms with E-state index in [0.29, 0.717) is 0 Å². The fourth-order valence-electron chi connectivity index (χ4n) is 10.3. The molecule has 0 atom stereocenters. The summed E-state index contributed by atoms with van der Waals surface area (Å²) in [4.78, 5) is 2.39. The van der Waals surface area contributed by atoms with Crippen LogP contribution in [0.2, 0.25) is 0 Å². The van der Waals surface area contributed by atoms with Gasteiger partial charge in [-0.1, -0.05) is 182 Å². The number of benzene rings is 11. The van der Waals surface area contributed by atoms with Crippen LogP contribution >= 0.6 is 0 Å². The van der Waals surface area contributed by atoms with Crippen molar-refractivity contribution in [2.75, 3.05) is 4.90 Å². The van der Waals surface area contributed by atoms with Crippen LogP contribution in [-0.4, -0.2) is 4.57 Å². The Labute approximate surface area is 388 Å². The quantitative estimate of drug-likeness (QED) is 0.152. The molecule has 0 spiro atoms. The third kappa shape index (κ3) is 6.59. The summed E-state index contributed by atoms with van der Waals surface area (Å²) >= 11 is 0. The predicted molar refractivity (Wildman–Crippen MR) is 282 cm³/mol. The molecular weight excluding hydrogens is 813 g/mol. The first-order valence-corrected chi connectivity index (χ1v) is 22.9. The lowest BCUT2D eigenvalue weighted by molar-refractivity contribution is 0.669. The van der Waals surface area contributed by atoms with Crippen LogP contribution < -0.4 is 4.90 Å². The van der Waals surface area contributed by atoms with E-state index in [1.165, 1.54) is 60.4 Å². The highest BCUT2D eigenvalue weighted by molar-refractivity contribution is 6.14. The molecule has 0 amide bonds. The molecule has 314 valence electrons. The Kier molecular flexibility index (Phi) is 9.17. The fourth-order valence-corrected chi connectivity index (χ4v) is 10.3. The predicted octanol–water partition coefficient (Wildman–Crippen LogP) is 18.0. The van der Waals surface area contributed by atoms with Gasteiger partial charge >= 0.3 is 0 Å². The Morgan fingerprint density at radius 3 is 1.52 bits per heavy atom. The molecule has 0 saturated heterocycles. The Bertz CT molecular complexity index is 3910. The first kappa shape index (κ1) is 38.5. The van der Waals surface area contributed by atoms with Crippen molar-refractivity contribution in [3.8, 4) is 50.2 Å². The minimum atomic E-state index is 0.880. The highest BCUT2D eigenvalue weighted by atomic mass is 16.3. The summed E-state index contributed by atoms with van der Waals surface area (Å²) in [7, 11) is 0. The monoisotopic (exact) mass is 854 g/mol. The minimum Gasteiger partial charge on any atom is -0.456 e. The van der Waals surface area contributed by atoms with E-state index in [2.05, 4.69) is 258 Å². The van der Waals surface area contributed by atoms with Crippen LogP contribution in [0, 0.1) is 0 Å². The lowest BCUT2D eigenvalue weighted by atomic mass is 9.96. The third-order valence-corrected chi connectivity index (χ3v) is 13.4. The van der Waals surface area contributed by atoms with Gasteiger partial charge in [0.2, 0.25) is 0 Å². The van der Waals surface area contributed by atoms with Crippen LogP contribution in [0.1, 0.15) is 0 Å². The van der Waals surface area contributed by atoms with Crippen LogP contribution in [0.3, 0.4) is 0 Å². The van der Waals surface area contributed by atoms with Gasteiger partial charge in [0, 0.05) is 44.2 Å². The van der Waals surface area contributed by atoms with Crippen LogP contribution in [0.15, 0.2) is 259 Å². The molecule has 2 heterocycles. The van der Waals surface area contributed by atoms with E-state index in [-0.39, 0.29) is 0 Å². The van der Waals surface area contributed by atoms with Crippen LogP contribution in [0.25, 0.3) is 105 Å². The molecule has 0 aliphatic heterocycles. The van der Waals surface area contributed by atoms with Crippen molar-refractivity contribution in [3.63, 3.8) is 0 Å². The van der Waals surface area contributed by atoms with Gasteiger partial charge in [-0.05, 0) is 123 Å². The smallest absolute Gasteiger partial charge is 0.136 e. The van der Waals surface area contributed by atoms with Gasteiger partial charge in [0.1, 0.15) is 11.2 Å². The molecule has 3 nitrogen and oxygen atoms in total.